The number of morpholine rings is 1. The molecule has 1 aromatic rings. The van der Waals surface area contributed by atoms with Gasteiger partial charge in [0.25, 0.3) is 0 Å². The number of aromatic nitrogens is 2. The highest BCUT2D eigenvalue weighted by Crippen LogP contribution is 2.32. The third-order valence-corrected chi connectivity index (χ3v) is 4.28. The summed E-state index contributed by atoms with van der Waals surface area (Å²) < 4.78 is 5.25. The number of anilines is 3. The Bertz CT molecular complexity index is 672. The first-order chi connectivity index (χ1) is 12.0. The molecule has 1 saturated heterocycles. The van der Waals surface area contributed by atoms with Gasteiger partial charge in [0.05, 0.1) is 19.8 Å². The molecule has 0 saturated carbocycles. The maximum Gasteiger partial charge on any atom is 0.247 e. The Morgan fingerprint density at radius 3 is 2.76 bits per heavy atom. The SMILES string of the molecule is Cc1nc(NCC(=O)N2CCOCC2)c2c(n1)NC(C(C)C)C(=O)N2. The van der Waals surface area contributed by atoms with E-state index in [1.807, 2.05) is 13.8 Å². The number of aryl methyl sites for hydroxylation is 1. The minimum absolute atomic E-state index is 0.0246. The normalized spacial score (nSPS) is 19.9. The van der Waals surface area contributed by atoms with E-state index in [4.69, 9.17) is 4.74 Å². The number of ether oxygens (including phenoxy) is 1. The van der Waals surface area contributed by atoms with Gasteiger partial charge in [0.15, 0.2) is 11.6 Å². The van der Waals surface area contributed by atoms with Gasteiger partial charge in [-0.15, -0.1) is 0 Å². The van der Waals surface area contributed by atoms with Crippen LogP contribution in [0.3, 0.4) is 0 Å². The van der Waals surface area contributed by atoms with Crippen LogP contribution in [-0.4, -0.2) is 65.6 Å². The number of carbonyl (C=O) groups is 2. The number of hydrogen-bond donors (Lipinski definition) is 3. The lowest BCUT2D eigenvalue weighted by atomic mass is 10.0. The van der Waals surface area contributed by atoms with Crippen molar-refractivity contribution in [3.05, 3.63) is 5.82 Å². The van der Waals surface area contributed by atoms with E-state index in [-0.39, 0.29) is 30.3 Å². The first kappa shape index (κ1) is 17.4. The number of fused-ring (bicyclic) bond motifs is 1. The maximum atomic E-state index is 12.3. The second-order valence-corrected chi connectivity index (χ2v) is 6.55. The zero-order chi connectivity index (χ0) is 18.0. The number of amides is 2. The molecule has 3 N–H and O–H groups in total. The molecule has 0 spiro atoms. The summed E-state index contributed by atoms with van der Waals surface area (Å²) in [6.45, 7) is 8.12. The van der Waals surface area contributed by atoms with Crippen LogP contribution in [0.25, 0.3) is 0 Å². The molecule has 1 unspecified atom stereocenters. The van der Waals surface area contributed by atoms with Crippen molar-refractivity contribution in [3.8, 4) is 0 Å². The Morgan fingerprint density at radius 2 is 2.08 bits per heavy atom. The van der Waals surface area contributed by atoms with Gasteiger partial charge in [0.1, 0.15) is 17.6 Å². The Morgan fingerprint density at radius 1 is 1.36 bits per heavy atom. The summed E-state index contributed by atoms with van der Waals surface area (Å²) in [5.74, 6) is 1.56. The fourth-order valence-electron chi connectivity index (χ4n) is 2.89. The molecule has 9 heteroatoms. The number of nitrogens with zero attached hydrogens (tertiary/aromatic N) is 3. The molecule has 3 rings (SSSR count). The molecule has 136 valence electrons. The van der Waals surface area contributed by atoms with E-state index in [2.05, 4.69) is 25.9 Å². The van der Waals surface area contributed by atoms with E-state index in [1.165, 1.54) is 0 Å². The first-order valence-corrected chi connectivity index (χ1v) is 8.51. The topological polar surface area (TPSA) is 108 Å². The standard InChI is InChI=1S/C16H24N6O3/c1-9(2)12-16(24)21-13-14(18-10(3)19-15(13)20-12)17-8-11(23)22-4-6-25-7-5-22/h9,12H,4-8H2,1-3H3,(H,21,24)(H2,17,18,19,20). The second-order valence-electron chi connectivity index (χ2n) is 6.55. The molecule has 0 radical (unpaired) electrons. The summed E-state index contributed by atoms with van der Waals surface area (Å²) in [7, 11) is 0. The average molecular weight is 348 g/mol. The molecule has 0 aromatic carbocycles. The number of hydrogen-bond acceptors (Lipinski definition) is 7. The largest absolute Gasteiger partial charge is 0.378 e. The van der Waals surface area contributed by atoms with E-state index in [0.29, 0.717) is 49.5 Å². The molecule has 1 aromatic heterocycles. The molecule has 1 atom stereocenters. The van der Waals surface area contributed by atoms with Crippen molar-refractivity contribution >= 4 is 29.1 Å². The molecular formula is C16H24N6O3. The number of carbonyl (C=O) groups excluding carboxylic acids is 2. The smallest absolute Gasteiger partial charge is 0.247 e. The second kappa shape index (κ2) is 7.22. The van der Waals surface area contributed by atoms with Gasteiger partial charge in [0, 0.05) is 13.1 Å². The lowest BCUT2D eigenvalue weighted by Gasteiger charge is -2.30. The van der Waals surface area contributed by atoms with Crippen LogP contribution in [0.1, 0.15) is 19.7 Å². The van der Waals surface area contributed by atoms with Gasteiger partial charge in [-0.3, -0.25) is 9.59 Å². The summed E-state index contributed by atoms with van der Waals surface area (Å²) >= 11 is 0. The van der Waals surface area contributed by atoms with Crippen molar-refractivity contribution in [2.24, 2.45) is 5.92 Å². The van der Waals surface area contributed by atoms with Crippen LogP contribution < -0.4 is 16.0 Å². The predicted octanol–water partition coefficient (Wildman–Crippen LogP) is 0.444. The highest BCUT2D eigenvalue weighted by atomic mass is 16.5. The summed E-state index contributed by atoms with van der Waals surface area (Å²) in [6.07, 6.45) is 0. The Hall–Kier alpha value is -2.42. The molecule has 1 fully saturated rings. The zero-order valence-electron chi connectivity index (χ0n) is 14.8. The van der Waals surface area contributed by atoms with Crippen molar-refractivity contribution in [2.45, 2.75) is 26.8 Å². The van der Waals surface area contributed by atoms with Crippen molar-refractivity contribution in [2.75, 3.05) is 48.8 Å². The van der Waals surface area contributed by atoms with Gasteiger partial charge in [-0.05, 0) is 12.8 Å². The quantitative estimate of drug-likeness (QED) is 0.725. The number of rotatable bonds is 4. The van der Waals surface area contributed by atoms with Crippen molar-refractivity contribution in [1.82, 2.24) is 14.9 Å². The molecule has 9 nitrogen and oxygen atoms in total. The van der Waals surface area contributed by atoms with Gasteiger partial charge in [-0.2, -0.15) is 0 Å². The summed E-state index contributed by atoms with van der Waals surface area (Å²) in [4.78, 5) is 35.0. The summed E-state index contributed by atoms with van der Waals surface area (Å²) in [6, 6.07) is -0.343. The Labute approximate surface area is 146 Å². The molecule has 2 aliphatic rings. The molecule has 25 heavy (non-hydrogen) atoms. The van der Waals surface area contributed by atoms with E-state index in [0.717, 1.165) is 0 Å². The fraction of sp³-hybridized carbons (Fsp3) is 0.625. The Kier molecular flexibility index (Phi) is 5.03. The van der Waals surface area contributed by atoms with Crippen molar-refractivity contribution < 1.29 is 14.3 Å². The van der Waals surface area contributed by atoms with Crippen LogP contribution in [-0.2, 0) is 14.3 Å². The third-order valence-electron chi connectivity index (χ3n) is 4.28. The van der Waals surface area contributed by atoms with Crippen LogP contribution in [0.15, 0.2) is 0 Å². The van der Waals surface area contributed by atoms with Gasteiger partial charge in [0.2, 0.25) is 11.8 Å². The minimum Gasteiger partial charge on any atom is -0.378 e. The van der Waals surface area contributed by atoms with Gasteiger partial charge < -0.3 is 25.6 Å². The van der Waals surface area contributed by atoms with Crippen LogP contribution in [0.5, 0.6) is 0 Å². The fourth-order valence-corrected chi connectivity index (χ4v) is 2.89. The average Bonchev–Trinajstić information content (AvgIpc) is 2.59. The van der Waals surface area contributed by atoms with E-state index >= 15 is 0 Å². The lowest BCUT2D eigenvalue weighted by Crippen LogP contribution is -2.44. The molecule has 2 amide bonds. The van der Waals surface area contributed by atoms with Crippen LogP contribution in [0, 0.1) is 12.8 Å². The van der Waals surface area contributed by atoms with Crippen LogP contribution in [0.2, 0.25) is 0 Å². The highest BCUT2D eigenvalue weighted by molar-refractivity contribution is 6.05. The summed E-state index contributed by atoms with van der Waals surface area (Å²) in [5.41, 5.74) is 0.488. The maximum absolute atomic E-state index is 12.3. The van der Waals surface area contributed by atoms with Crippen molar-refractivity contribution in [3.63, 3.8) is 0 Å². The Balaban J connectivity index is 1.74. The van der Waals surface area contributed by atoms with Crippen LogP contribution in [0.4, 0.5) is 17.3 Å². The zero-order valence-corrected chi connectivity index (χ0v) is 14.8. The van der Waals surface area contributed by atoms with Gasteiger partial charge in [-0.25, -0.2) is 9.97 Å². The molecular weight excluding hydrogens is 324 g/mol. The highest BCUT2D eigenvalue weighted by Gasteiger charge is 2.31. The van der Waals surface area contributed by atoms with Gasteiger partial charge >= 0.3 is 0 Å². The monoisotopic (exact) mass is 348 g/mol. The first-order valence-electron chi connectivity index (χ1n) is 8.51. The number of nitrogens with one attached hydrogen (secondary N) is 3. The third kappa shape index (κ3) is 3.81. The van der Waals surface area contributed by atoms with E-state index < -0.39 is 0 Å². The van der Waals surface area contributed by atoms with Crippen molar-refractivity contribution in [1.29, 1.82) is 0 Å². The predicted molar refractivity (Wildman–Crippen MR) is 93.5 cm³/mol. The van der Waals surface area contributed by atoms with Crippen LogP contribution >= 0.6 is 0 Å². The molecule has 0 bridgehead atoms. The summed E-state index contributed by atoms with van der Waals surface area (Å²) in [5, 5.41) is 9.06. The van der Waals surface area contributed by atoms with E-state index in [1.54, 1.807) is 11.8 Å². The lowest BCUT2D eigenvalue weighted by molar-refractivity contribution is -0.133. The molecule has 2 aliphatic heterocycles. The molecule has 0 aliphatic carbocycles. The minimum atomic E-state index is -0.343. The van der Waals surface area contributed by atoms with E-state index in [9.17, 15) is 9.59 Å². The molecule has 3 heterocycles. The van der Waals surface area contributed by atoms with Gasteiger partial charge in [-0.1, -0.05) is 13.8 Å².